The van der Waals surface area contributed by atoms with E-state index in [9.17, 15) is 13.2 Å². The third kappa shape index (κ3) is 12.3. The number of piperidine rings is 1. The van der Waals surface area contributed by atoms with Gasteiger partial charge in [-0.2, -0.15) is 4.31 Å². The Labute approximate surface area is 356 Å². The van der Waals surface area contributed by atoms with E-state index in [1.54, 1.807) is 30.7 Å². The predicted octanol–water partition coefficient (Wildman–Crippen LogP) is 7.62. The van der Waals surface area contributed by atoms with Crippen LogP contribution in [0.3, 0.4) is 0 Å². The number of aryl methyl sites for hydroxylation is 1. The Morgan fingerprint density at radius 1 is 0.850 bits per heavy atom. The van der Waals surface area contributed by atoms with Gasteiger partial charge < -0.3 is 38.6 Å². The minimum atomic E-state index is -4.00. The van der Waals surface area contributed by atoms with Crippen molar-refractivity contribution < 1.29 is 41.6 Å². The van der Waals surface area contributed by atoms with Crippen molar-refractivity contribution in [1.82, 2.24) is 9.62 Å². The van der Waals surface area contributed by atoms with Crippen molar-refractivity contribution in [2.75, 3.05) is 65.2 Å². The summed E-state index contributed by atoms with van der Waals surface area (Å²) in [6, 6.07) is 30.4. The summed E-state index contributed by atoms with van der Waals surface area (Å²) in [6.45, 7) is 10.6. The summed E-state index contributed by atoms with van der Waals surface area (Å²) in [7, 11) is -0.638. The van der Waals surface area contributed by atoms with Gasteiger partial charge in [0.25, 0.3) is 0 Å². The first-order valence-electron chi connectivity index (χ1n) is 20.8. The zero-order chi connectivity index (χ0) is 42.5. The molecule has 2 heterocycles. The van der Waals surface area contributed by atoms with Crippen molar-refractivity contribution in [1.29, 1.82) is 0 Å². The molecule has 324 valence electrons. The van der Waals surface area contributed by atoms with Crippen LogP contribution in [-0.4, -0.2) is 96.8 Å². The van der Waals surface area contributed by atoms with E-state index < -0.39 is 33.8 Å². The third-order valence-corrected chi connectivity index (χ3v) is 13.0. The van der Waals surface area contributed by atoms with Crippen molar-refractivity contribution in [2.45, 2.75) is 88.4 Å². The smallest absolute Gasteiger partial charge is 0.407 e. The molecule has 4 aromatic carbocycles. The predicted molar refractivity (Wildman–Crippen MR) is 232 cm³/mol. The molecular weight excluding hydrogens is 783 g/mol. The van der Waals surface area contributed by atoms with Gasteiger partial charge in [0.15, 0.2) is 0 Å². The number of fused-ring (bicyclic) bond motifs is 1. The molecule has 1 saturated heterocycles. The highest BCUT2D eigenvalue weighted by Gasteiger charge is 2.45. The molecule has 0 radical (unpaired) electrons. The van der Waals surface area contributed by atoms with E-state index >= 15 is 0 Å². The number of alkyl carbamates (subject to hydrolysis) is 1. The van der Waals surface area contributed by atoms with Gasteiger partial charge in [0.1, 0.15) is 19.0 Å². The van der Waals surface area contributed by atoms with E-state index in [0.29, 0.717) is 45.9 Å². The first kappa shape index (κ1) is 45.0. The van der Waals surface area contributed by atoms with Gasteiger partial charge in [-0.15, -0.1) is 0 Å². The lowest BCUT2D eigenvalue weighted by atomic mass is 9.80. The Balaban J connectivity index is 1.29. The van der Waals surface area contributed by atoms with E-state index in [4.69, 9.17) is 28.4 Å². The molecule has 0 bridgehead atoms. The second-order valence-corrected chi connectivity index (χ2v) is 18.2. The first-order valence-corrected chi connectivity index (χ1v) is 22.2. The Morgan fingerprint density at radius 3 is 2.30 bits per heavy atom. The van der Waals surface area contributed by atoms with Crippen molar-refractivity contribution >= 4 is 21.8 Å². The van der Waals surface area contributed by atoms with Crippen molar-refractivity contribution in [3.63, 3.8) is 0 Å². The molecule has 13 heteroatoms. The summed E-state index contributed by atoms with van der Waals surface area (Å²) in [5.41, 5.74) is 5.04. The Kier molecular flexibility index (Phi) is 16.0. The monoisotopic (exact) mass is 843 g/mol. The second-order valence-electron chi connectivity index (χ2n) is 16.3. The fraction of sp³-hybridized carbons (Fsp3) is 0.468. The molecule has 4 aromatic rings. The highest BCUT2D eigenvalue weighted by atomic mass is 32.2. The number of benzene rings is 4. The van der Waals surface area contributed by atoms with Crippen LogP contribution in [0.4, 0.5) is 10.5 Å². The Hall–Kier alpha value is -4.50. The molecule has 12 nitrogen and oxygen atoms in total. The number of carbonyl (C=O) groups excluding carboxylic acids is 1. The maximum atomic E-state index is 14.7. The number of hydrogen-bond acceptors (Lipinski definition) is 10. The van der Waals surface area contributed by atoms with Gasteiger partial charge in [-0.25, -0.2) is 13.2 Å². The number of carbonyl (C=O) groups is 1. The largest absolute Gasteiger partial charge is 0.490 e. The summed E-state index contributed by atoms with van der Waals surface area (Å²) in [5, 5.41) is 3.03. The van der Waals surface area contributed by atoms with E-state index in [-0.39, 0.29) is 30.6 Å². The van der Waals surface area contributed by atoms with E-state index in [0.717, 1.165) is 58.8 Å². The summed E-state index contributed by atoms with van der Waals surface area (Å²) in [6.07, 6.45) is 0.612. The van der Waals surface area contributed by atoms with Gasteiger partial charge in [-0.3, -0.25) is 0 Å². The standard InChI is InChI=1S/C47H61N3O9S/c1-35-12-19-41(20-13-35)60(52,53)50-31-45(58-34-38-16-21-44-43(28-38)49(23-25-57-44)22-9-24-54-4)42(39-17-14-37(15-18-39)32-56-27-26-55-5)29-40(50)30-47(2,3)48-46(51)59-33-36-10-7-6-8-11-36/h6-8,10-21,28,40,42,45H,9,22-27,29-34H2,1-5H3,(H,48,51)/t40-,42-,45+/m1/s1. The fourth-order valence-corrected chi connectivity index (χ4v) is 9.62. The zero-order valence-corrected chi connectivity index (χ0v) is 36.5. The number of rotatable bonds is 20. The van der Waals surface area contributed by atoms with E-state index in [1.807, 2.05) is 75.4 Å². The number of ether oxygens (including phenoxy) is 6. The topological polar surface area (TPSA) is 125 Å². The lowest BCUT2D eigenvalue weighted by Crippen LogP contribution is -2.56. The number of methoxy groups -OCH3 is 2. The quantitative estimate of drug-likeness (QED) is 0.0889. The van der Waals surface area contributed by atoms with Gasteiger partial charge in [0, 0.05) is 51.4 Å². The second kappa shape index (κ2) is 21.3. The summed E-state index contributed by atoms with van der Waals surface area (Å²) in [5.74, 6) is 0.665. The minimum absolute atomic E-state index is 0.110. The number of hydrogen-bond donors (Lipinski definition) is 1. The van der Waals surface area contributed by atoms with Crippen LogP contribution in [0.25, 0.3) is 0 Å². The summed E-state index contributed by atoms with van der Waals surface area (Å²) < 4.78 is 65.8. The van der Waals surface area contributed by atoms with Crippen LogP contribution in [0, 0.1) is 6.92 Å². The molecule has 0 saturated carbocycles. The van der Waals surface area contributed by atoms with Gasteiger partial charge in [-0.1, -0.05) is 78.4 Å². The molecule has 2 aliphatic heterocycles. The van der Waals surface area contributed by atoms with Crippen LogP contribution in [0.15, 0.2) is 102 Å². The molecule has 1 fully saturated rings. The summed E-state index contributed by atoms with van der Waals surface area (Å²) in [4.78, 5) is 15.7. The highest BCUT2D eigenvalue weighted by Crippen LogP contribution is 2.40. The van der Waals surface area contributed by atoms with Gasteiger partial charge in [0.05, 0.1) is 49.7 Å². The molecule has 1 N–H and O–H groups in total. The van der Waals surface area contributed by atoms with E-state index in [2.05, 4.69) is 40.5 Å². The molecule has 1 amide bonds. The van der Waals surface area contributed by atoms with E-state index in [1.165, 1.54) is 0 Å². The third-order valence-electron chi connectivity index (χ3n) is 11.1. The number of anilines is 1. The fourth-order valence-electron chi connectivity index (χ4n) is 7.97. The molecule has 60 heavy (non-hydrogen) atoms. The lowest BCUT2D eigenvalue weighted by molar-refractivity contribution is -0.0235. The van der Waals surface area contributed by atoms with Gasteiger partial charge >= 0.3 is 6.09 Å². The normalized spacial score (nSPS) is 18.4. The van der Waals surface area contributed by atoms with Crippen molar-refractivity contribution in [2.24, 2.45) is 0 Å². The molecule has 0 unspecified atom stereocenters. The molecule has 0 aromatic heterocycles. The van der Waals surface area contributed by atoms with Crippen LogP contribution in [-0.2, 0) is 53.5 Å². The van der Waals surface area contributed by atoms with Gasteiger partial charge in [0.2, 0.25) is 10.0 Å². The average Bonchev–Trinajstić information content (AvgIpc) is 3.24. The van der Waals surface area contributed by atoms with Crippen molar-refractivity contribution in [3.8, 4) is 5.75 Å². The maximum Gasteiger partial charge on any atom is 0.407 e. The van der Waals surface area contributed by atoms with Crippen molar-refractivity contribution in [3.05, 3.63) is 125 Å². The number of nitrogens with one attached hydrogen (secondary N) is 1. The minimum Gasteiger partial charge on any atom is -0.490 e. The molecule has 3 atom stereocenters. The molecule has 6 rings (SSSR count). The van der Waals surface area contributed by atoms with Crippen LogP contribution in [0.1, 0.15) is 66.8 Å². The van der Waals surface area contributed by atoms with Crippen LogP contribution < -0.4 is 15.0 Å². The molecule has 2 aliphatic rings. The first-order chi connectivity index (χ1) is 29.0. The number of nitrogens with zero attached hydrogens (tertiary/aromatic N) is 2. The summed E-state index contributed by atoms with van der Waals surface area (Å²) >= 11 is 0. The molecular formula is C47H61N3O9S. The van der Waals surface area contributed by atoms with Crippen LogP contribution in [0.2, 0.25) is 0 Å². The average molecular weight is 844 g/mol. The number of amides is 1. The number of sulfonamides is 1. The maximum absolute atomic E-state index is 14.7. The molecule has 0 spiro atoms. The Morgan fingerprint density at radius 2 is 1.57 bits per heavy atom. The SMILES string of the molecule is COCCCN1CCOc2ccc(CO[C@H]3CN(S(=O)(=O)c4ccc(C)cc4)[C@@H](CC(C)(C)NC(=O)OCc4ccccc4)C[C@@H]3c3ccc(COCCOC)cc3)cc21. The van der Waals surface area contributed by atoms with Gasteiger partial charge in [-0.05, 0) is 86.6 Å². The van der Waals surface area contributed by atoms with Crippen LogP contribution >= 0.6 is 0 Å². The Bertz CT molecular complexity index is 2060. The molecule has 0 aliphatic carbocycles. The van der Waals surface area contributed by atoms with Crippen LogP contribution in [0.5, 0.6) is 5.75 Å². The zero-order valence-electron chi connectivity index (χ0n) is 35.6. The highest BCUT2D eigenvalue weighted by molar-refractivity contribution is 7.89. The lowest BCUT2D eigenvalue weighted by Gasteiger charge is -2.45.